The normalized spacial score (nSPS) is 11.2. The summed E-state index contributed by atoms with van der Waals surface area (Å²) in [6.45, 7) is 0. The number of nitrogens with one attached hydrogen (secondary N) is 1. The van der Waals surface area contributed by atoms with Crippen LogP contribution in [-0.2, 0) is 12.6 Å². The number of carbonyl (C=O) groups is 2. The first-order chi connectivity index (χ1) is 13.7. The standard InChI is InChI=1S/C22H15ClF3NO2/c23-17-10-8-15(9-11-17)21(29)27-19-7-2-1-6-18(19)20(28)13-14-4-3-5-16(12-14)22(24,25)26/h1-12H,13H2,(H,27,29). The van der Waals surface area contributed by atoms with Crippen LogP contribution in [-0.4, -0.2) is 11.7 Å². The Hall–Kier alpha value is -3.12. The van der Waals surface area contributed by atoms with Crippen molar-refractivity contribution in [3.8, 4) is 0 Å². The van der Waals surface area contributed by atoms with Crippen LogP contribution in [0.5, 0.6) is 0 Å². The summed E-state index contributed by atoms with van der Waals surface area (Å²) in [6.07, 6.45) is -4.71. The second kappa shape index (κ2) is 8.49. The molecule has 1 amide bonds. The minimum atomic E-state index is -4.48. The lowest BCUT2D eigenvalue weighted by molar-refractivity contribution is -0.137. The van der Waals surface area contributed by atoms with Gasteiger partial charge in [-0.2, -0.15) is 13.2 Å². The van der Waals surface area contributed by atoms with E-state index >= 15 is 0 Å². The van der Waals surface area contributed by atoms with Crippen molar-refractivity contribution in [1.82, 2.24) is 0 Å². The van der Waals surface area contributed by atoms with Gasteiger partial charge in [-0.15, -0.1) is 0 Å². The third-order valence-electron chi connectivity index (χ3n) is 4.20. The van der Waals surface area contributed by atoms with Gasteiger partial charge in [-0.1, -0.05) is 41.9 Å². The van der Waals surface area contributed by atoms with E-state index in [4.69, 9.17) is 11.6 Å². The quantitative estimate of drug-likeness (QED) is 0.515. The van der Waals surface area contributed by atoms with Crippen LogP contribution in [0.25, 0.3) is 0 Å². The Labute approximate surface area is 170 Å². The first-order valence-electron chi connectivity index (χ1n) is 8.59. The Kier molecular flexibility index (Phi) is 6.03. The van der Waals surface area contributed by atoms with Crippen molar-refractivity contribution in [3.05, 3.63) is 100 Å². The molecule has 0 saturated heterocycles. The van der Waals surface area contributed by atoms with E-state index in [0.29, 0.717) is 10.6 Å². The second-order valence-electron chi connectivity index (χ2n) is 6.30. The summed E-state index contributed by atoms with van der Waals surface area (Å²) in [4.78, 5) is 25.1. The zero-order valence-corrected chi connectivity index (χ0v) is 15.7. The summed E-state index contributed by atoms with van der Waals surface area (Å²) in [6, 6.07) is 17.2. The number of amides is 1. The molecule has 0 aliphatic rings. The van der Waals surface area contributed by atoms with Gasteiger partial charge in [-0.25, -0.2) is 0 Å². The molecule has 0 aromatic heterocycles. The first kappa shape index (κ1) is 20.6. The molecule has 0 unspecified atom stereocenters. The molecule has 3 rings (SSSR count). The van der Waals surface area contributed by atoms with Crippen molar-refractivity contribution in [2.24, 2.45) is 0 Å². The number of halogens is 4. The number of para-hydroxylation sites is 1. The number of carbonyl (C=O) groups excluding carboxylic acids is 2. The number of Topliss-reactive ketones (excluding diaryl/α,β-unsaturated/α-hetero) is 1. The molecule has 0 aliphatic carbocycles. The number of rotatable bonds is 5. The molecule has 0 bridgehead atoms. The van der Waals surface area contributed by atoms with Gasteiger partial charge in [0.1, 0.15) is 0 Å². The molecule has 0 saturated carbocycles. The Morgan fingerprint density at radius 3 is 2.28 bits per heavy atom. The lowest BCUT2D eigenvalue weighted by Gasteiger charge is -2.12. The van der Waals surface area contributed by atoms with Crippen molar-refractivity contribution < 1.29 is 22.8 Å². The number of ketones is 1. The molecule has 0 spiro atoms. The van der Waals surface area contributed by atoms with Gasteiger partial charge >= 0.3 is 6.18 Å². The Balaban J connectivity index is 1.80. The predicted molar refractivity (Wildman–Crippen MR) is 105 cm³/mol. The van der Waals surface area contributed by atoms with E-state index in [0.717, 1.165) is 12.1 Å². The third kappa shape index (κ3) is 5.23. The van der Waals surface area contributed by atoms with Gasteiger partial charge in [0.2, 0.25) is 0 Å². The molecular formula is C22H15ClF3NO2. The average molecular weight is 418 g/mol. The molecule has 7 heteroatoms. The Morgan fingerprint density at radius 2 is 1.59 bits per heavy atom. The molecular weight excluding hydrogens is 403 g/mol. The zero-order chi connectivity index (χ0) is 21.0. The summed E-state index contributed by atoms with van der Waals surface area (Å²) in [7, 11) is 0. The highest BCUT2D eigenvalue weighted by Crippen LogP contribution is 2.30. The highest BCUT2D eigenvalue weighted by atomic mass is 35.5. The second-order valence-corrected chi connectivity index (χ2v) is 6.74. The summed E-state index contributed by atoms with van der Waals surface area (Å²) in [5.74, 6) is -0.836. The van der Waals surface area contributed by atoms with E-state index in [1.54, 1.807) is 42.5 Å². The van der Waals surface area contributed by atoms with E-state index in [1.807, 2.05) is 0 Å². The monoisotopic (exact) mass is 417 g/mol. The Morgan fingerprint density at radius 1 is 0.897 bits per heavy atom. The van der Waals surface area contributed by atoms with Crippen LogP contribution in [0.4, 0.5) is 18.9 Å². The number of hydrogen-bond donors (Lipinski definition) is 1. The van der Waals surface area contributed by atoms with Crippen LogP contribution >= 0.6 is 11.6 Å². The maximum atomic E-state index is 12.9. The molecule has 29 heavy (non-hydrogen) atoms. The smallest absolute Gasteiger partial charge is 0.321 e. The molecule has 3 aromatic rings. The lowest BCUT2D eigenvalue weighted by atomic mass is 10.00. The minimum absolute atomic E-state index is 0.215. The van der Waals surface area contributed by atoms with Crippen LogP contribution in [0, 0.1) is 0 Å². The fourth-order valence-corrected chi connectivity index (χ4v) is 2.90. The van der Waals surface area contributed by atoms with Crippen molar-refractivity contribution >= 4 is 29.0 Å². The third-order valence-corrected chi connectivity index (χ3v) is 4.45. The number of anilines is 1. The molecule has 0 aliphatic heterocycles. The topological polar surface area (TPSA) is 46.2 Å². The van der Waals surface area contributed by atoms with Gasteiger partial charge in [-0.3, -0.25) is 9.59 Å². The van der Waals surface area contributed by atoms with Crippen LogP contribution < -0.4 is 5.32 Å². The zero-order valence-electron chi connectivity index (χ0n) is 15.0. The van der Waals surface area contributed by atoms with Gasteiger partial charge in [-0.05, 0) is 48.0 Å². The van der Waals surface area contributed by atoms with Crippen molar-refractivity contribution in [3.63, 3.8) is 0 Å². The van der Waals surface area contributed by atoms with Crippen molar-refractivity contribution in [2.45, 2.75) is 12.6 Å². The molecule has 0 fully saturated rings. The van der Waals surface area contributed by atoms with E-state index in [1.165, 1.54) is 18.2 Å². The van der Waals surface area contributed by atoms with Crippen LogP contribution in [0.2, 0.25) is 5.02 Å². The summed E-state index contributed by atoms with van der Waals surface area (Å²) in [5.41, 5.74) is 0.280. The molecule has 148 valence electrons. The van der Waals surface area contributed by atoms with Gasteiger partial charge < -0.3 is 5.32 Å². The summed E-state index contributed by atoms with van der Waals surface area (Å²) >= 11 is 5.81. The highest BCUT2D eigenvalue weighted by molar-refractivity contribution is 6.30. The number of hydrogen-bond acceptors (Lipinski definition) is 2. The minimum Gasteiger partial charge on any atom is -0.321 e. The van der Waals surface area contributed by atoms with E-state index in [9.17, 15) is 22.8 Å². The number of benzene rings is 3. The lowest BCUT2D eigenvalue weighted by Crippen LogP contribution is -2.15. The molecule has 0 radical (unpaired) electrons. The Bertz CT molecular complexity index is 1050. The maximum Gasteiger partial charge on any atom is 0.416 e. The van der Waals surface area contributed by atoms with Gasteiger partial charge in [0, 0.05) is 22.6 Å². The van der Waals surface area contributed by atoms with Crippen molar-refractivity contribution in [1.29, 1.82) is 0 Å². The highest BCUT2D eigenvalue weighted by Gasteiger charge is 2.30. The SMILES string of the molecule is O=C(Nc1ccccc1C(=O)Cc1cccc(C(F)(F)F)c1)c1ccc(Cl)cc1. The number of alkyl halides is 3. The van der Waals surface area contributed by atoms with Crippen LogP contribution in [0.3, 0.4) is 0 Å². The van der Waals surface area contributed by atoms with E-state index in [2.05, 4.69) is 5.32 Å². The molecule has 3 aromatic carbocycles. The first-order valence-corrected chi connectivity index (χ1v) is 8.97. The van der Waals surface area contributed by atoms with Gasteiger partial charge in [0.05, 0.1) is 11.3 Å². The van der Waals surface area contributed by atoms with Gasteiger partial charge in [0.25, 0.3) is 5.91 Å². The average Bonchev–Trinajstić information content (AvgIpc) is 2.68. The molecule has 0 atom stereocenters. The fraction of sp³-hybridized carbons (Fsp3) is 0.0909. The fourth-order valence-electron chi connectivity index (χ4n) is 2.77. The maximum absolute atomic E-state index is 12.9. The molecule has 3 nitrogen and oxygen atoms in total. The van der Waals surface area contributed by atoms with Crippen LogP contribution in [0.1, 0.15) is 31.8 Å². The summed E-state index contributed by atoms with van der Waals surface area (Å²) in [5, 5.41) is 3.15. The summed E-state index contributed by atoms with van der Waals surface area (Å²) < 4.78 is 38.6. The molecule has 1 N–H and O–H groups in total. The largest absolute Gasteiger partial charge is 0.416 e. The van der Waals surface area contributed by atoms with Crippen LogP contribution in [0.15, 0.2) is 72.8 Å². The molecule has 0 heterocycles. The van der Waals surface area contributed by atoms with E-state index < -0.39 is 23.4 Å². The van der Waals surface area contributed by atoms with E-state index in [-0.39, 0.29) is 23.2 Å². The van der Waals surface area contributed by atoms with Crippen molar-refractivity contribution in [2.75, 3.05) is 5.32 Å². The van der Waals surface area contributed by atoms with Gasteiger partial charge in [0.15, 0.2) is 5.78 Å². The predicted octanol–water partition coefficient (Wildman–Crippen LogP) is 6.04.